The Kier molecular flexibility index (Phi) is 6.86. The number of H-pyrrole nitrogens is 1. The fourth-order valence-corrected chi connectivity index (χ4v) is 5.03. The van der Waals surface area contributed by atoms with Crippen molar-refractivity contribution in [1.82, 2.24) is 14.9 Å². The summed E-state index contributed by atoms with van der Waals surface area (Å²) >= 11 is 0. The normalized spacial score (nSPS) is 15.8. The predicted octanol–water partition coefficient (Wildman–Crippen LogP) is 5.87. The monoisotopic (exact) mass is 477 g/mol. The summed E-state index contributed by atoms with van der Waals surface area (Å²) < 4.78 is 0. The standard InChI is InChI=1S/C30H31N5O/c1-22-26-12-15-33-28(26)11-10-27(22)34-29-23(20-32-21-24(29)19-31)7-5-6-16-35-17-13-30(36,14-18-35)25-8-3-2-4-9-25/h2-5,7-12,15,20-21,33,36H,6,13-14,16-18H2,1H3,(H,32,34)/b7-5+. The quantitative estimate of drug-likeness (QED) is 0.310. The number of hydrogen-bond acceptors (Lipinski definition) is 5. The number of aromatic amines is 1. The first-order valence-corrected chi connectivity index (χ1v) is 12.5. The first-order chi connectivity index (χ1) is 17.6. The Balaban J connectivity index is 1.24. The number of nitriles is 1. The summed E-state index contributed by atoms with van der Waals surface area (Å²) in [6, 6.07) is 18.4. The maximum atomic E-state index is 11.1. The summed E-state index contributed by atoms with van der Waals surface area (Å²) in [7, 11) is 0. The van der Waals surface area contributed by atoms with Gasteiger partial charge >= 0.3 is 0 Å². The Bertz CT molecular complexity index is 1410. The van der Waals surface area contributed by atoms with Crippen LogP contribution in [0.15, 0.2) is 73.2 Å². The lowest BCUT2D eigenvalue weighted by molar-refractivity contribution is -0.0254. The summed E-state index contributed by atoms with van der Waals surface area (Å²) in [5.74, 6) is 0. The zero-order valence-corrected chi connectivity index (χ0v) is 20.5. The second kappa shape index (κ2) is 10.4. The fraction of sp³-hybridized carbons (Fsp3) is 0.267. The summed E-state index contributed by atoms with van der Waals surface area (Å²) in [4.78, 5) is 9.92. The van der Waals surface area contributed by atoms with E-state index < -0.39 is 5.60 Å². The van der Waals surface area contributed by atoms with E-state index in [1.54, 1.807) is 12.4 Å². The molecular weight excluding hydrogens is 446 g/mol. The molecule has 0 unspecified atom stereocenters. The second-order valence-corrected chi connectivity index (χ2v) is 9.50. The lowest BCUT2D eigenvalue weighted by Crippen LogP contribution is -2.42. The first-order valence-electron chi connectivity index (χ1n) is 12.5. The number of benzene rings is 2. The molecule has 4 aromatic rings. The van der Waals surface area contributed by atoms with Gasteiger partial charge in [0.2, 0.25) is 0 Å². The van der Waals surface area contributed by atoms with Crippen LogP contribution in [-0.4, -0.2) is 39.6 Å². The van der Waals surface area contributed by atoms with E-state index in [0.29, 0.717) is 5.56 Å². The first kappa shape index (κ1) is 23.8. The lowest BCUT2D eigenvalue weighted by Gasteiger charge is -2.38. The minimum absolute atomic E-state index is 0.516. The van der Waals surface area contributed by atoms with Gasteiger partial charge in [-0.25, -0.2) is 0 Å². The van der Waals surface area contributed by atoms with Crippen molar-refractivity contribution in [3.63, 3.8) is 0 Å². The molecule has 0 aliphatic carbocycles. The molecule has 0 radical (unpaired) electrons. The van der Waals surface area contributed by atoms with Gasteiger partial charge in [-0.1, -0.05) is 42.5 Å². The summed E-state index contributed by atoms with van der Waals surface area (Å²) in [5, 5.41) is 25.4. The van der Waals surface area contributed by atoms with Crippen molar-refractivity contribution in [2.45, 2.75) is 31.8 Å². The van der Waals surface area contributed by atoms with Gasteiger partial charge in [0, 0.05) is 60.4 Å². The van der Waals surface area contributed by atoms with Crippen LogP contribution in [0.3, 0.4) is 0 Å². The zero-order chi connectivity index (χ0) is 25.0. The van der Waals surface area contributed by atoms with Gasteiger partial charge in [-0.05, 0) is 55.5 Å². The second-order valence-electron chi connectivity index (χ2n) is 9.50. The number of aromatic nitrogens is 2. The Hall–Kier alpha value is -3.92. The molecule has 1 fully saturated rings. The molecule has 5 rings (SSSR count). The summed E-state index contributed by atoms with van der Waals surface area (Å²) in [6.45, 7) is 4.76. The highest BCUT2D eigenvalue weighted by atomic mass is 16.3. The Labute approximate surface area is 211 Å². The minimum atomic E-state index is -0.723. The van der Waals surface area contributed by atoms with E-state index in [2.05, 4.69) is 45.3 Å². The average molecular weight is 478 g/mol. The SMILES string of the molecule is Cc1c(Nc2c(C#N)cncc2/C=C/CCN2CCC(O)(c3ccccc3)CC2)ccc2[nH]ccc12. The van der Waals surface area contributed by atoms with Crippen molar-refractivity contribution in [2.75, 3.05) is 25.0 Å². The maximum absolute atomic E-state index is 11.1. The molecule has 0 atom stereocenters. The largest absolute Gasteiger partial charge is 0.385 e. The molecule has 0 amide bonds. The van der Waals surface area contributed by atoms with E-state index in [4.69, 9.17) is 0 Å². The number of nitrogens with one attached hydrogen (secondary N) is 2. The van der Waals surface area contributed by atoms with Crippen LogP contribution in [0.4, 0.5) is 11.4 Å². The molecule has 6 nitrogen and oxygen atoms in total. The number of nitrogens with zero attached hydrogens (tertiary/aromatic N) is 3. The number of rotatable bonds is 7. The molecule has 3 N–H and O–H groups in total. The molecule has 1 saturated heterocycles. The number of aliphatic hydroxyl groups is 1. The van der Waals surface area contributed by atoms with Gasteiger partial charge in [-0.15, -0.1) is 0 Å². The predicted molar refractivity (Wildman–Crippen MR) is 145 cm³/mol. The van der Waals surface area contributed by atoms with Crippen LogP contribution in [0.2, 0.25) is 0 Å². The number of piperidine rings is 1. The van der Waals surface area contributed by atoms with Gasteiger partial charge in [-0.2, -0.15) is 5.26 Å². The Morgan fingerprint density at radius 3 is 2.72 bits per heavy atom. The molecule has 6 heteroatoms. The van der Waals surface area contributed by atoms with Crippen LogP contribution in [0.1, 0.15) is 41.5 Å². The highest BCUT2D eigenvalue weighted by Gasteiger charge is 2.33. The Morgan fingerprint density at radius 1 is 1.14 bits per heavy atom. The number of aryl methyl sites for hydroxylation is 1. The molecular formula is C30H31N5O. The zero-order valence-electron chi connectivity index (χ0n) is 20.5. The van der Waals surface area contributed by atoms with Gasteiger partial charge in [0.25, 0.3) is 0 Å². The Morgan fingerprint density at radius 2 is 1.94 bits per heavy atom. The van der Waals surface area contributed by atoms with Crippen LogP contribution < -0.4 is 5.32 Å². The summed E-state index contributed by atoms with van der Waals surface area (Å²) in [5.41, 5.74) is 5.66. The summed E-state index contributed by atoms with van der Waals surface area (Å²) in [6.07, 6.45) is 11.9. The van der Waals surface area contributed by atoms with Crippen molar-refractivity contribution in [2.24, 2.45) is 0 Å². The van der Waals surface area contributed by atoms with Gasteiger partial charge in [0.05, 0.1) is 16.9 Å². The topological polar surface area (TPSA) is 88.0 Å². The third-order valence-electron chi connectivity index (χ3n) is 7.26. The molecule has 3 heterocycles. The minimum Gasteiger partial charge on any atom is -0.385 e. The number of hydrogen-bond donors (Lipinski definition) is 3. The van der Waals surface area contributed by atoms with Crippen molar-refractivity contribution < 1.29 is 5.11 Å². The van der Waals surface area contributed by atoms with E-state index in [0.717, 1.165) is 77.9 Å². The molecule has 1 aliphatic rings. The highest BCUT2D eigenvalue weighted by Crippen LogP contribution is 2.33. The van der Waals surface area contributed by atoms with Crippen LogP contribution in [-0.2, 0) is 5.60 Å². The van der Waals surface area contributed by atoms with Crippen LogP contribution in [0.5, 0.6) is 0 Å². The highest BCUT2D eigenvalue weighted by molar-refractivity contribution is 5.89. The third kappa shape index (κ3) is 4.90. The van der Waals surface area contributed by atoms with Crippen LogP contribution in [0.25, 0.3) is 17.0 Å². The number of anilines is 2. The molecule has 2 aromatic carbocycles. The molecule has 1 aliphatic heterocycles. The van der Waals surface area contributed by atoms with E-state index in [-0.39, 0.29) is 0 Å². The molecule has 0 spiro atoms. The molecule has 36 heavy (non-hydrogen) atoms. The lowest BCUT2D eigenvalue weighted by atomic mass is 9.84. The number of fused-ring (bicyclic) bond motifs is 1. The van der Waals surface area contributed by atoms with Crippen LogP contribution >= 0.6 is 0 Å². The van der Waals surface area contributed by atoms with Crippen LogP contribution in [0, 0.1) is 18.3 Å². The number of pyridine rings is 1. The van der Waals surface area contributed by atoms with Crippen molar-refractivity contribution in [3.05, 3.63) is 95.5 Å². The van der Waals surface area contributed by atoms with Crippen molar-refractivity contribution in [1.29, 1.82) is 5.26 Å². The van der Waals surface area contributed by atoms with Gasteiger partial charge in [0.1, 0.15) is 6.07 Å². The molecule has 0 bridgehead atoms. The molecule has 182 valence electrons. The van der Waals surface area contributed by atoms with Gasteiger partial charge in [-0.3, -0.25) is 4.98 Å². The van der Waals surface area contributed by atoms with E-state index in [9.17, 15) is 10.4 Å². The molecule has 2 aromatic heterocycles. The van der Waals surface area contributed by atoms with E-state index in [1.165, 1.54) is 0 Å². The smallest absolute Gasteiger partial charge is 0.103 e. The van der Waals surface area contributed by atoms with Gasteiger partial charge in [0.15, 0.2) is 0 Å². The van der Waals surface area contributed by atoms with Gasteiger partial charge < -0.3 is 20.3 Å². The molecule has 0 saturated carbocycles. The average Bonchev–Trinajstić information content (AvgIpc) is 3.40. The van der Waals surface area contributed by atoms with Crippen molar-refractivity contribution in [3.8, 4) is 6.07 Å². The van der Waals surface area contributed by atoms with E-state index >= 15 is 0 Å². The maximum Gasteiger partial charge on any atom is 0.103 e. The number of likely N-dealkylation sites (tertiary alicyclic amines) is 1. The fourth-order valence-electron chi connectivity index (χ4n) is 5.03. The van der Waals surface area contributed by atoms with Crippen molar-refractivity contribution >= 4 is 28.4 Å². The third-order valence-corrected chi connectivity index (χ3v) is 7.26. The van der Waals surface area contributed by atoms with E-state index in [1.807, 2.05) is 54.7 Å².